The molecule has 4 atom stereocenters. The van der Waals surface area contributed by atoms with E-state index in [4.69, 9.17) is 4.74 Å². The molecule has 5 nitrogen and oxygen atoms in total. The molecule has 4 unspecified atom stereocenters. The minimum Gasteiger partial charge on any atom is -0.460 e. The number of nitrogens with zero attached hydrogens (tertiary/aromatic N) is 1. The third-order valence-electron chi connectivity index (χ3n) is 7.28. The van der Waals surface area contributed by atoms with E-state index < -0.39 is 18.2 Å². The number of carbonyl (C=O) groups excluding carboxylic acids is 1. The summed E-state index contributed by atoms with van der Waals surface area (Å²) in [6, 6.07) is -0.660. The molecular weight excluding hydrogens is 426 g/mol. The van der Waals surface area contributed by atoms with Crippen LogP contribution >= 0.6 is 0 Å². The van der Waals surface area contributed by atoms with Gasteiger partial charge in [-0.3, -0.25) is 9.69 Å². The molecule has 0 amide bonds. The number of β-amino-alcohol motifs (C(OH)–C–C–N with tert-alkyl or cyclic N) is 1. The highest BCUT2D eigenvalue weighted by atomic mass is 16.6. The van der Waals surface area contributed by atoms with E-state index in [1.165, 1.54) is 89.9 Å². The number of cyclic esters (lactones) is 1. The van der Waals surface area contributed by atoms with Crippen molar-refractivity contribution in [1.29, 1.82) is 0 Å². The quantitative estimate of drug-likeness (QED) is 0.131. The topological polar surface area (TPSA) is 70.0 Å². The molecule has 34 heavy (non-hydrogen) atoms. The van der Waals surface area contributed by atoms with Crippen LogP contribution in [-0.4, -0.2) is 58.5 Å². The van der Waals surface area contributed by atoms with Crippen molar-refractivity contribution in [2.24, 2.45) is 0 Å². The molecule has 0 aromatic heterocycles. The highest BCUT2D eigenvalue weighted by Gasteiger charge is 2.39. The summed E-state index contributed by atoms with van der Waals surface area (Å²) < 4.78 is 5.67. The van der Waals surface area contributed by atoms with E-state index >= 15 is 0 Å². The molecule has 5 heteroatoms. The van der Waals surface area contributed by atoms with Crippen molar-refractivity contribution in [3.8, 4) is 0 Å². The number of aliphatic hydroxyl groups excluding tert-OH is 2. The number of esters is 1. The van der Waals surface area contributed by atoms with Gasteiger partial charge in [0.2, 0.25) is 0 Å². The highest BCUT2D eigenvalue weighted by molar-refractivity contribution is 5.77. The van der Waals surface area contributed by atoms with E-state index in [0.717, 1.165) is 32.1 Å². The van der Waals surface area contributed by atoms with Crippen molar-refractivity contribution in [2.45, 2.75) is 167 Å². The number of aliphatic hydroxyl groups is 2. The fourth-order valence-electron chi connectivity index (χ4n) is 5.19. The van der Waals surface area contributed by atoms with Gasteiger partial charge in [0.05, 0.1) is 12.2 Å². The van der Waals surface area contributed by atoms with Crippen molar-refractivity contribution >= 4 is 5.97 Å². The second-order valence-corrected chi connectivity index (χ2v) is 10.7. The number of morpholine rings is 1. The van der Waals surface area contributed by atoms with Crippen LogP contribution < -0.4 is 0 Å². The van der Waals surface area contributed by atoms with Gasteiger partial charge in [0.1, 0.15) is 12.1 Å². The molecule has 1 rings (SSSR count). The van der Waals surface area contributed by atoms with Gasteiger partial charge in [0, 0.05) is 13.1 Å². The average Bonchev–Trinajstić information content (AvgIpc) is 2.79. The first-order valence-electron chi connectivity index (χ1n) is 14.8. The van der Waals surface area contributed by atoms with Crippen LogP contribution in [0.3, 0.4) is 0 Å². The fraction of sp³-hybridized carbons (Fsp3) is 0.966. The van der Waals surface area contributed by atoms with Crippen molar-refractivity contribution in [2.75, 3.05) is 13.1 Å². The molecule has 0 spiro atoms. The predicted octanol–water partition coefficient (Wildman–Crippen LogP) is 6.78. The zero-order valence-corrected chi connectivity index (χ0v) is 22.8. The van der Waals surface area contributed by atoms with Crippen LogP contribution in [0.1, 0.15) is 143 Å². The van der Waals surface area contributed by atoms with Gasteiger partial charge in [-0.15, -0.1) is 0 Å². The van der Waals surface area contributed by atoms with Gasteiger partial charge in [-0.1, -0.05) is 117 Å². The monoisotopic (exact) mass is 483 g/mol. The molecule has 1 heterocycles. The zero-order valence-electron chi connectivity index (χ0n) is 22.8. The Balaban J connectivity index is 2.28. The van der Waals surface area contributed by atoms with Crippen molar-refractivity contribution in [3.63, 3.8) is 0 Å². The third kappa shape index (κ3) is 14.7. The van der Waals surface area contributed by atoms with E-state index in [0.29, 0.717) is 13.1 Å². The fourth-order valence-corrected chi connectivity index (χ4v) is 5.19. The first-order chi connectivity index (χ1) is 16.5. The molecule has 0 aromatic rings. The maximum atomic E-state index is 12.6. The predicted molar refractivity (Wildman–Crippen MR) is 142 cm³/mol. The van der Waals surface area contributed by atoms with Crippen LogP contribution in [0.5, 0.6) is 0 Å². The molecule has 2 N–H and O–H groups in total. The first kappa shape index (κ1) is 31.4. The molecule has 1 saturated heterocycles. The standard InChI is InChI=1S/C29H57NO4/c1-4-6-8-10-12-14-15-17-19-21-26(32)23-30-24-27(34-29(33)28(30)25(3)31)22-20-18-16-13-11-9-7-5-2/h25-28,31-32H,4-24H2,1-3H3. The maximum absolute atomic E-state index is 12.6. The van der Waals surface area contributed by atoms with Gasteiger partial charge in [-0.25, -0.2) is 0 Å². The highest BCUT2D eigenvalue weighted by Crippen LogP contribution is 2.22. The molecule has 1 fully saturated rings. The zero-order chi connectivity index (χ0) is 25.0. The summed E-state index contributed by atoms with van der Waals surface area (Å²) in [6.45, 7) is 7.19. The molecule has 0 saturated carbocycles. The van der Waals surface area contributed by atoms with Crippen molar-refractivity contribution in [1.82, 2.24) is 4.90 Å². The minimum atomic E-state index is -0.795. The van der Waals surface area contributed by atoms with Crippen molar-refractivity contribution in [3.05, 3.63) is 0 Å². The van der Waals surface area contributed by atoms with Gasteiger partial charge in [0.15, 0.2) is 0 Å². The number of unbranched alkanes of at least 4 members (excludes halogenated alkanes) is 15. The summed E-state index contributed by atoms with van der Waals surface area (Å²) in [5, 5.41) is 20.8. The lowest BCUT2D eigenvalue weighted by molar-refractivity contribution is -0.174. The van der Waals surface area contributed by atoms with Gasteiger partial charge in [-0.2, -0.15) is 0 Å². The number of carbonyl (C=O) groups is 1. The van der Waals surface area contributed by atoms with Crippen LogP contribution in [0.4, 0.5) is 0 Å². The number of rotatable bonds is 22. The lowest BCUT2D eigenvalue weighted by Crippen LogP contribution is -2.58. The Kier molecular flexibility index (Phi) is 19.0. The molecule has 1 aliphatic rings. The van der Waals surface area contributed by atoms with Crippen LogP contribution in [0.2, 0.25) is 0 Å². The lowest BCUT2D eigenvalue weighted by atomic mass is 10.0. The molecule has 0 aromatic carbocycles. The molecule has 1 aliphatic heterocycles. The van der Waals surface area contributed by atoms with Crippen molar-refractivity contribution < 1.29 is 19.7 Å². The van der Waals surface area contributed by atoms with Crippen LogP contribution in [0.15, 0.2) is 0 Å². The Bertz CT molecular complexity index is 485. The Hall–Kier alpha value is -0.650. The van der Waals surface area contributed by atoms with Crippen LogP contribution in [0, 0.1) is 0 Å². The Morgan fingerprint density at radius 1 is 0.794 bits per heavy atom. The summed E-state index contributed by atoms with van der Waals surface area (Å²) in [6.07, 6.45) is 21.7. The molecular formula is C29H57NO4. The second kappa shape index (κ2) is 20.5. The van der Waals surface area contributed by atoms with E-state index in [2.05, 4.69) is 13.8 Å². The largest absolute Gasteiger partial charge is 0.460 e. The maximum Gasteiger partial charge on any atom is 0.326 e. The summed E-state index contributed by atoms with van der Waals surface area (Å²) in [7, 11) is 0. The van der Waals surface area contributed by atoms with Gasteiger partial charge in [0.25, 0.3) is 0 Å². The third-order valence-corrected chi connectivity index (χ3v) is 7.28. The summed E-state index contributed by atoms with van der Waals surface area (Å²) in [5.74, 6) is -0.332. The molecule has 0 aliphatic carbocycles. The number of ether oxygens (including phenoxy) is 1. The van der Waals surface area contributed by atoms with Gasteiger partial charge in [-0.05, 0) is 26.2 Å². The Morgan fingerprint density at radius 3 is 1.76 bits per heavy atom. The normalized spacial score (nSPS) is 20.9. The molecule has 0 radical (unpaired) electrons. The van der Waals surface area contributed by atoms with Crippen LogP contribution in [-0.2, 0) is 9.53 Å². The van der Waals surface area contributed by atoms with E-state index in [-0.39, 0.29) is 12.1 Å². The number of hydrogen-bond donors (Lipinski definition) is 2. The van der Waals surface area contributed by atoms with E-state index in [9.17, 15) is 15.0 Å². The second-order valence-electron chi connectivity index (χ2n) is 10.7. The summed E-state index contributed by atoms with van der Waals surface area (Å²) in [5.41, 5.74) is 0. The minimum absolute atomic E-state index is 0.123. The van der Waals surface area contributed by atoms with Crippen LogP contribution in [0.25, 0.3) is 0 Å². The van der Waals surface area contributed by atoms with Gasteiger partial charge < -0.3 is 14.9 Å². The van der Waals surface area contributed by atoms with E-state index in [1.807, 2.05) is 4.90 Å². The summed E-state index contributed by atoms with van der Waals surface area (Å²) >= 11 is 0. The Morgan fingerprint density at radius 2 is 1.26 bits per heavy atom. The van der Waals surface area contributed by atoms with E-state index in [1.54, 1.807) is 6.92 Å². The smallest absolute Gasteiger partial charge is 0.326 e. The number of hydrogen-bond acceptors (Lipinski definition) is 5. The SMILES string of the molecule is CCCCCCCCCCCC(O)CN1CC(CCCCCCCCCC)OC(=O)C1C(C)O. The first-order valence-corrected chi connectivity index (χ1v) is 14.8. The lowest BCUT2D eigenvalue weighted by Gasteiger charge is -2.40. The van der Waals surface area contributed by atoms with Gasteiger partial charge >= 0.3 is 5.97 Å². The molecule has 0 bridgehead atoms. The Labute approximate surface area is 211 Å². The average molecular weight is 484 g/mol. The summed E-state index contributed by atoms with van der Waals surface area (Å²) in [4.78, 5) is 14.6. The molecule has 202 valence electrons.